The van der Waals surface area contributed by atoms with Crippen molar-refractivity contribution in [3.8, 4) is 23.0 Å². The predicted octanol–water partition coefficient (Wildman–Crippen LogP) is 16.3. The molecule has 0 radical (unpaired) electrons. The summed E-state index contributed by atoms with van der Waals surface area (Å²) in [6.45, 7) is -21.2. The van der Waals surface area contributed by atoms with Gasteiger partial charge in [0.05, 0.1) is 181 Å². The number of nitrogen functional groups attached to an aromatic ring is 1. The Balaban J connectivity index is 0.000000185. The van der Waals surface area contributed by atoms with Crippen molar-refractivity contribution in [3.63, 3.8) is 0 Å². The van der Waals surface area contributed by atoms with Crippen molar-refractivity contribution in [2.75, 3.05) is 113 Å². The number of nitrogens with zero attached hydrogens (tertiary/aromatic N) is 14. The van der Waals surface area contributed by atoms with Gasteiger partial charge in [0.15, 0.2) is 0 Å². The number of aliphatic hydroxyl groups is 2. The van der Waals surface area contributed by atoms with Gasteiger partial charge in [0.2, 0.25) is 11.8 Å². The van der Waals surface area contributed by atoms with E-state index in [0.29, 0.717) is 42.6 Å². The fraction of sp³-hybridized carbons (Fsp3) is 0.305. The quantitative estimate of drug-likeness (QED) is 0.0101. The Kier molecular flexibility index (Phi) is 27.1. The van der Waals surface area contributed by atoms with Gasteiger partial charge in [-0.3, -0.25) is 29.7 Å². The van der Waals surface area contributed by atoms with Gasteiger partial charge >= 0.3 is 26.0 Å². The number of H-pyrrole nitrogens is 2. The van der Waals surface area contributed by atoms with E-state index < -0.39 is 162 Å². The molecule has 14 aromatic rings. The number of aromatic nitrogens is 12. The van der Waals surface area contributed by atoms with Crippen LogP contribution in [0.15, 0.2) is 198 Å². The van der Waals surface area contributed by atoms with Gasteiger partial charge in [-0.1, -0.05) is 42.2 Å². The second kappa shape index (κ2) is 48.5. The fourth-order valence-corrected chi connectivity index (χ4v) is 13.7. The van der Waals surface area contributed by atoms with Crippen molar-refractivity contribution in [2.45, 2.75) is 97.4 Å². The Hall–Kier alpha value is -13.2. The van der Waals surface area contributed by atoms with Crippen LogP contribution in [0.5, 0.6) is 11.8 Å². The lowest BCUT2D eigenvalue weighted by Crippen LogP contribution is -2.41. The zero-order chi connectivity index (χ0) is 123. The lowest BCUT2D eigenvalue weighted by Gasteiger charge is -2.32. The molecular formula is C95H98B2BrCl3F5N17O19. The van der Waals surface area contributed by atoms with Crippen molar-refractivity contribution in [1.82, 2.24) is 59.8 Å². The molecule has 2 atom stereocenters. The van der Waals surface area contributed by atoms with E-state index in [-0.39, 0.29) is 156 Å². The first kappa shape index (κ1) is 79.4. The number of aliphatic hydroxyl groups excluding tert-OH is 2. The van der Waals surface area contributed by atoms with Crippen molar-refractivity contribution >= 4 is 149 Å². The SMILES string of the molecule is C.CC1(C)OB(B2OC(C)(C)C(C)(C)O2)OC1(C)C.COc1nccnc1C(O)c1cc(Br)c(F)cc1Cl.Nc1cc(F)ccc1C(=O)O.O=C(O)c1ccc(F)cc1[N+](=O)[O-].O=c1[nH]cnc2cc(F)ccc12.[2H]C1([2H])OC([2H])([2H])C([2H])([2H])N(c2ccc3c(-c4cc(C(O)c5nccnc5OC)c(Cl)cc4F)ncnc3c2)C1([2H])[2H].[2H]C1([2H])OC([2H])([2H])C([2H])([2H])N(c2ccc3c(=O)[nH]cnc3c2)C1([2H])[2H].[2H]C1([2H])OC([2H])([2H])C([2H])([2H])N(c2ccc3c(Cl)ncnc3c2)C1([2H])[2H]. The van der Waals surface area contributed by atoms with E-state index in [0.717, 1.165) is 55.1 Å². The summed E-state index contributed by atoms with van der Waals surface area (Å²) in [6, 6.07) is 25.5. The van der Waals surface area contributed by atoms with Crippen molar-refractivity contribution < 1.29 is 132 Å². The summed E-state index contributed by atoms with van der Waals surface area (Å²) in [5.74, 6) is -5.45. The highest BCUT2D eigenvalue weighted by atomic mass is 79.9. The van der Waals surface area contributed by atoms with Gasteiger partial charge in [-0.2, -0.15) is 0 Å². The number of halogens is 9. The molecule has 0 aliphatic carbocycles. The maximum Gasteiger partial charge on any atom is 0.488 e. The van der Waals surface area contributed by atoms with Crippen LogP contribution in [0, 0.1) is 39.2 Å². The zero-order valence-electron chi connectivity index (χ0n) is 98.8. The van der Waals surface area contributed by atoms with Gasteiger partial charge in [0, 0.05) is 130 Å². The summed E-state index contributed by atoms with van der Waals surface area (Å²) in [7, 11) is 1.81. The number of nitrogens with two attached hydrogens (primary N) is 1. The van der Waals surface area contributed by atoms with Crippen LogP contribution in [-0.2, 0) is 32.8 Å². The molecule has 0 amide bonds. The summed E-state index contributed by atoms with van der Waals surface area (Å²) in [4.78, 5) is 98.6. The van der Waals surface area contributed by atoms with E-state index >= 15 is 4.39 Å². The molecule has 5 aliphatic rings. The second-order valence-corrected chi connectivity index (χ2v) is 33.1. The van der Waals surface area contributed by atoms with E-state index in [1.807, 2.05) is 55.4 Å². The van der Waals surface area contributed by atoms with E-state index in [4.69, 9.17) is 112 Å². The van der Waals surface area contributed by atoms with Crippen molar-refractivity contribution in [1.29, 1.82) is 0 Å². The topological polar surface area (TPSA) is 472 Å². The predicted molar refractivity (Wildman–Crippen MR) is 529 cm³/mol. The summed E-state index contributed by atoms with van der Waals surface area (Å²) >= 11 is 21.2. The lowest BCUT2D eigenvalue weighted by molar-refractivity contribution is -0.385. The minimum absolute atomic E-state index is 0. The Bertz CT molecular complexity index is 8120. The van der Waals surface area contributed by atoms with Crippen molar-refractivity contribution in [3.05, 3.63) is 297 Å². The van der Waals surface area contributed by atoms with Crippen LogP contribution < -0.4 is 41.0 Å². The number of carboxylic acid groups (broad SMARTS) is 2. The zero-order valence-corrected chi connectivity index (χ0v) is 78.6. The molecule has 5 aliphatic heterocycles. The molecule has 8 N–H and O–H groups in total. The molecule has 0 bridgehead atoms. The molecule has 8 aromatic carbocycles. The minimum atomic E-state index is -3.25. The first-order valence-corrected chi connectivity index (χ1v) is 42.5. The van der Waals surface area contributed by atoms with Crippen LogP contribution in [0.3, 0.4) is 0 Å². The van der Waals surface area contributed by atoms with E-state index in [2.05, 4.69) is 89.9 Å². The van der Waals surface area contributed by atoms with Gasteiger partial charge in [-0.15, -0.1) is 0 Å². The first-order valence-electron chi connectivity index (χ1n) is 52.6. The minimum Gasteiger partial charge on any atom is -0.480 e. The van der Waals surface area contributed by atoms with Crippen LogP contribution in [0.2, 0.25) is 15.2 Å². The number of rotatable bonds is 14. The molecule has 5 saturated heterocycles. The summed E-state index contributed by atoms with van der Waals surface area (Å²) in [5.41, 5.74) is 2.51. The number of nitrogens with one attached hydrogen (secondary N) is 2. The molecule has 746 valence electrons. The number of hydrogen-bond donors (Lipinski definition) is 7. The number of aromatic amines is 2. The number of benzene rings is 8. The third-order valence-corrected chi connectivity index (χ3v) is 22.7. The highest BCUT2D eigenvalue weighted by molar-refractivity contribution is 9.10. The summed E-state index contributed by atoms with van der Waals surface area (Å²) in [6.07, 6.45) is 7.58. The monoisotopic (exact) mass is 2110 g/mol. The maximum absolute atomic E-state index is 15.3. The number of nitro benzene ring substituents is 1. The average molecular weight is 2110 g/mol. The van der Waals surface area contributed by atoms with Gasteiger partial charge in [0.1, 0.15) is 76.1 Å². The number of nitro groups is 1. The molecule has 0 saturated carbocycles. The van der Waals surface area contributed by atoms with E-state index in [1.54, 1.807) is 0 Å². The fourth-order valence-electron chi connectivity index (χ4n) is 12.7. The molecule has 2 unspecified atom stereocenters. The molecule has 0 spiro atoms. The molecule has 142 heavy (non-hydrogen) atoms. The Morgan fingerprint density at radius 3 is 1.32 bits per heavy atom. The van der Waals surface area contributed by atoms with Gasteiger partial charge in [-0.25, -0.2) is 71.4 Å². The number of methoxy groups -OCH3 is 2. The number of carbonyl (C=O) groups is 2. The van der Waals surface area contributed by atoms with Crippen molar-refractivity contribution in [2.24, 2.45) is 0 Å². The van der Waals surface area contributed by atoms with E-state index in [1.165, 1.54) is 137 Å². The number of hydrogen-bond acceptors (Lipinski definition) is 31. The highest BCUT2D eigenvalue weighted by Gasteiger charge is 2.64. The third-order valence-electron chi connectivity index (χ3n) is 21.1. The number of ether oxygens (including phenoxy) is 5. The van der Waals surface area contributed by atoms with Crippen LogP contribution in [0.1, 0.15) is 151 Å². The molecule has 47 heteroatoms. The molecule has 5 fully saturated rings. The normalized spacial score (nSPS) is 22.4. The van der Waals surface area contributed by atoms with Crippen LogP contribution in [0.4, 0.5) is 50.4 Å². The molecule has 6 aromatic heterocycles. The maximum atomic E-state index is 15.3. The smallest absolute Gasteiger partial charge is 0.480 e. The third kappa shape index (κ3) is 27.0. The molecular weight excluding hydrogens is 1990 g/mol. The second-order valence-electron chi connectivity index (χ2n) is 31.1. The standard InChI is InChI=1S/C24H21ClFN5O3.C12H24B2O4.C12H9BrClFN2O2.C12H12ClN3O.C12H13N3O2.C8H5FN2O.C7H4FNO4.C7H6FNO2.CH4/c1-33-24-22(27-4-5-28-24)23(32)16-11-17(19(26)12-18(16)25)21-15-3-2-14(10-20(15)29-13-30-21)31-6-8-34-9-7-31;1-9(2)10(3,4)16-13(15-9)14-17-11(5,6)12(7,8)18-14;1-19-12-10(16-2-3-17-12)11(18)6-4-7(13)9(15)5-8(6)14;13-12-10-2-1-9(7-11(10)14-8-15-12)16-3-5-17-6-4-16;16-12-10-2-1-9(7-11(10)13-8-14-12)15-3-5-17-6-4-15;9-5-1-2-6-7(3-5)10-4-11-8(6)12;8-4-1-2-5(7(10)11)6(3-4)9(12)13;8-4-1-2-5(7(10)11)6(9)3-4;/h2-5,10-13,23,32H,6-9H2,1H3;1-8H3;2-5,11,18H,1H3;1-2,7-8H,3-6H2;1-2,7-8H,3-6H2,(H,13,14,16);1-4H,(H,10,11,12);1-3H,(H,10,11);1-3H,9H2,(H,10,11);1H4/i6D2,7D2,8D2,9D2;;;2*3D2,4D2,5D2,6D2;;;;. The number of anilines is 4. The molecule has 11 heterocycles. The number of morpholine rings is 3. The summed E-state index contributed by atoms with van der Waals surface area (Å²) in [5, 5.41) is 49.9. The summed E-state index contributed by atoms with van der Waals surface area (Å²) < 4.78 is 304. The highest BCUT2D eigenvalue weighted by Crippen LogP contribution is 2.45. The number of aromatic carboxylic acids is 2. The van der Waals surface area contributed by atoms with Gasteiger partial charge in [0.25, 0.3) is 16.8 Å². The van der Waals surface area contributed by atoms with Gasteiger partial charge in [-0.05, 0) is 193 Å². The average Bonchev–Trinajstić information content (AvgIpc) is 1.68. The van der Waals surface area contributed by atoms with E-state index in [9.17, 15) is 57.1 Å². The van der Waals surface area contributed by atoms with Crippen LogP contribution in [-0.4, -0.2) is 226 Å². The number of fused-ring (bicyclic) bond motifs is 4. The Morgan fingerprint density at radius 2 is 0.873 bits per heavy atom. The Labute approximate surface area is 867 Å². The Morgan fingerprint density at radius 1 is 0.500 bits per heavy atom. The van der Waals surface area contributed by atoms with Crippen LogP contribution in [0.25, 0.3) is 54.9 Å². The number of carboxylic acids is 2. The lowest BCUT2D eigenvalue weighted by atomic mass is 9.49. The van der Waals surface area contributed by atoms with Gasteiger partial charge < -0.3 is 93.1 Å². The van der Waals surface area contributed by atoms with Crippen LogP contribution >= 0.6 is 50.7 Å². The molecule has 36 nitrogen and oxygen atoms in total. The first-order chi connectivity index (χ1) is 76.0. The largest absolute Gasteiger partial charge is 0.488 e. The molecule has 19 rings (SSSR count).